The van der Waals surface area contributed by atoms with Crippen LogP contribution in [0.15, 0.2) is 95.4 Å². The lowest BCUT2D eigenvalue weighted by Crippen LogP contribution is -1.87. The molecule has 2 aromatic heterocycles. The Morgan fingerprint density at radius 3 is 2.10 bits per heavy atom. The molecule has 0 radical (unpaired) electrons. The molecule has 0 unspecified atom stereocenters. The van der Waals surface area contributed by atoms with E-state index in [1.54, 1.807) is 0 Å². The topological polar surface area (TPSA) is 13.1 Å². The average Bonchev–Trinajstić information content (AvgIpc) is 3.56. The minimum absolute atomic E-state index is 0.889. The van der Waals surface area contributed by atoms with Crippen molar-refractivity contribution in [2.45, 2.75) is 51.9 Å². The number of aryl methyl sites for hydroxylation is 1. The third kappa shape index (κ3) is 4.66. The summed E-state index contributed by atoms with van der Waals surface area (Å²) >= 11 is 1.86. The predicted molar refractivity (Wildman–Crippen MR) is 174 cm³/mol. The Morgan fingerprint density at radius 1 is 0.600 bits per heavy atom. The second-order valence-electron chi connectivity index (χ2n) is 10.9. The van der Waals surface area contributed by atoms with Gasteiger partial charge < -0.3 is 4.42 Å². The highest BCUT2D eigenvalue weighted by Gasteiger charge is 2.14. The Morgan fingerprint density at radius 2 is 1.25 bits per heavy atom. The molecule has 1 nitrogen and oxygen atoms in total. The van der Waals surface area contributed by atoms with Crippen molar-refractivity contribution in [1.29, 1.82) is 0 Å². The molecule has 0 amide bonds. The van der Waals surface area contributed by atoms with Crippen molar-refractivity contribution in [2.75, 3.05) is 0 Å². The zero-order chi connectivity index (χ0) is 26.9. The first kappa shape index (κ1) is 24.9. The summed E-state index contributed by atoms with van der Waals surface area (Å²) < 4.78 is 9.15. The summed E-state index contributed by atoms with van der Waals surface area (Å²) in [6, 6.07) is 32.7. The molecule has 0 N–H and O–H groups in total. The van der Waals surface area contributed by atoms with Crippen LogP contribution in [0.3, 0.4) is 0 Å². The number of furan rings is 1. The van der Waals surface area contributed by atoms with Crippen LogP contribution in [-0.2, 0) is 6.42 Å². The third-order valence-corrected chi connectivity index (χ3v) is 9.32. The SMILES string of the molecule is CCCCCCCCc1ccc(C#Cc2ccc3c(c2)oc2c3ccc3c2ccc2c4ccccc4sc23)cc1. The number of fused-ring (bicyclic) bond motifs is 9. The van der Waals surface area contributed by atoms with Gasteiger partial charge in [-0.2, -0.15) is 0 Å². The molecule has 196 valence electrons. The number of unbranched alkanes of at least 4 members (excludes halogenated alkanes) is 5. The van der Waals surface area contributed by atoms with E-state index in [0.29, 0.717) is 0 Å². The van der Waals surface area contributed by atoms with Crippen molar-refractivity contribution in [3.8, 4) is 11.8 Å². The molecule has 2 heteroatoms. The largest absolute Gasteiger partial charge is 0.455 e. The van der Waals surface area contributed by atoms with Crippen LogP contribution >= 0.6 is 11.3 Å². The van der Waals surface area contributed by atoms with Crippen molar-refractivity contribution >= 4 is 64.2 Å². The van der Waals surface area contributed by atoms with E-state index in [1.165, 1.54) is 75.0 Å². The molecule has 0 saturated carbocycles. The Kier molecular flexibility index (Phi) is 6.76. The number of rotatable bonds is 7. The summed E-state index contributed by atoms with van der Waals surface area (Å²) in [5.41, 5.74) is 5.27. The lowest BCUT2D eigenvalue weighted by Gasteiger charge is -2.02. The van der Waals surface area contributed by atoms with E-state index in [1.807, 2.05) is 11.3 Å². The minimum Gasteiger partial charge on any atom is -0.455 e. The second-order valence-corrected chi connectivity index (χ2v) is 11.9. The zero-order valence-electron chi connectivity index (χ0n) is 22.9. The molecule has 0 aliphatic heterocycles. The van der Waals surface area contributed by atoms with Crippen LogP contribution in [0.25, 0.3) is 52.9 Å². The highest BCUT2D eigenvalue weighted by Crippen LogP contribution is 2.42. The number of benzene rings is 5. The van der Waals surface area contributed by atoms with Gasteiger partial charge in [-0.15, -0.1) is 11.3 Å². The van der Waals surface area contributed by atoms with E-state index < -0.39 is 0 Å². The monoisotopic (exact) mass is 536 g/mol. The average molecular weight is 537 g/mol. The molecule has 0 aliphatic rings. The predicted octanol–water partition coefficient (Wildman–Crippen LogP) is 11.4. The Balaban J connectivity index is 1.15. The second kappa shape index (κ2) is 10.8. The summed E-state index contributed by atoms with van der Waals surface area (Å²) in [5.74, 6) is 6.71. The molecule has 0 bridgehead atoms. The van der Waals surface area contributed by atoms with Gasteiger partial charge in [0.25, 0.3) is 0 Å². The van der Waals surface area contributed by atoms with Crippen LogP contribution in [0.1, 0.15) is 62.1 Å². The number of hydrogen-bond acceptors (Lipinski definition) is 2. The normalized spacial score (nSPS) is 11.6. The van der Waals surface area contributed by atoms with Gasteiger partial charge in [-0.25, -0.2) is 0 Å². The molecular formula is C38H32OS. The van der Waals surface area contributed by atoms with Crippen molar-refractivity contribution in [3.63, 3.8) is 0 Å². The van der Waals surface area contributed by atoms with E-state index in [0.717, 1.165) is 39.5 Å². The van der Waals surface area contributed by atoms with Gasteiger partial charge in [0.15, 0.2) is 0 Å². The molecule has 7 rings (SSSR count). The fourth-order valence-corrected chi connectivity index (χ4v) is 7.14. The van der Waals surface area contributed by atoms with E-state index in [-0.39, 0.29) is 0 Å². The molecule has 40 heavy (non-hydrogen) atoms. The van der Waals surface area contributed by atoms with Crippen LogP contribution in [0, 0.1) is 11.8 Å². The standard InChI is InChI=1S/C38H32OS/c1-2-3-4-5-6-7-10-26-13-15-27(16-14-26)17-18-28-19-20-29-31-21-24-34-32(37(31)39-35(29)25-28)22-23-33-30-11-8-9-12-36(30)40-38(33)34/h8-9,11-16,19-25H,2-7,10H2,1H3. The summed E-state index contributed by atoms with van der Waals surface area (Å²) in [5, 5.41) is 7.36. The maximum absolute atomic E-state index is 6.50. The zero-order valence-corrected chi connectivity index (χ0v) is 23.7. The van der Waals surface area contributed by atoms with Crippen molar-refractivity contribution < 1.29 is 4.42 Å². The number of thiophene rings is 1. The first-order valence-corrected chi connectivity index (χ1v) is 15.4. The van der Waals surface area contributed by atoms with Gasteiger partial charge in [0.2, 0.25) is 0 Å². The first-order chi connectivity index (χ1) is 19.8. The van der Waals surface area contributed by atoms with Crippen LogP contribution in [0.5, 0.6) is 0 Å². The van der Waals surface area contributed by atoms with Gasteiger partial charge in [0, 0.05) is 52.8 Å². The molecule has 0 aliphatic carbocycles. The van der Waals surface area contributed by atoms with Gasteiger partial charge >= 0.3 is 0 Å². The van der Waals surface area contributed by atoms with Crippen LogP contribution in [-0.4, -0.2) is 0 Å². The van der Waals surface area contributed by atoms with Gasteiger partial charge in [0.05, 0.1) is 0 Å². The van der Waals surface area contributed by atoms with Crippen LogP contribution in [0.2, 0.25) is 0 Å². The maximum Gasteiger partial charge on any atom is 0.143 e. The van der Waals surface area contributed by atoms with Gasteiger partial charge in [-0.05, 0) is 66.9 Å². The molecule has 2 heterocycles. The lowest BCUT2D eigenvalue weighted by atomic mass is 10.0. The Labute approximate surface area is 239 Å². The van der Waals surface area contributed by atoms with Crippen molar-refractivity contribution in [2.24, 2.45) is 0 Å². The Bertz CT molecular complexity index is 2040. The summed E-state index contributed by atoms with van der Waals surface area (Å²) in [6.07, 6.45) is 9.17. The summed E-state index contributed by atoms with van der Waals surface area (Å²) in [4.78, 5) is 0. The molecular weight excluding hydrogens is 504 g/mol. The van der Waals surface area contributed by atoms with Crippen molar-refractivity contribution in [3.05, 3.63) is 108 Å². The minimum atomic E-state index is 0.889. The van der Waals surface area contributed by atoms with Gasteiger partial charge in [-0.1, -0.05) is 93.3 Å². The van der Waals surface area contributed by atoms with E-state index in [9.17, 15) is 0 Å². The fourth-order valence-electron chi connectivity index (χ4n) is 5.91. The third-order valence-electron chi connectivity index (χ3n) is 8.10. The first-order valence-electron chi connectivity index (χ1n) is 14.6. The molecule has 0 atom stereocenters. The molecule has 0 spiro atoms. The molecule has 5 aromatic carbocycles. The molecule has 7 aromatic rings. The molecule has 0 saturated heterocycles. The van der Waals surface area contributed by atoms with E-state index >= 15 is 0 Å². The van der Waals surface area contributed by atoms with Gasteiger partial charge in [-0.3, -0.25) is 0 Å². The van der Waals surface area contributed by atoms with Gasteiger partial charge in [0.1, 0.15) is 11.2 Å². The maximum atomic E-state index is 6.50. The van der Waals surface area contributed by atoms with E-state index in [2.05, 4.69) is 110 Å². The molecule has 0 fully saturated rings. The van der Waals surface area contributed by atoms with E-state index in [4.69, 9.17) is 4.42 Å². The summed E-state index contributed by atoms with van der Waals surface area (Å²) in [6.45, 7) is 2.27. The van der Waals surface area contributed by atoms with Crippen LogP contribution < -0.4 is 0 Å². The lowest BCUT2D eigenvalue weighted by molar-refractivity contribution is 0.607. The van der Waals surface area contributed by atoms with Crippen molar-refractivity contribution in [1.82, 2.24) is 0 Å². The highest BCUT2D eigenvalue weighted by molar-refractivity contribution is 7.26. The Hall–Kier alpha value is -4.06. The highest BCUT2D eigenvalue weighted by atomic mass is 32.1. The quantitative estimate of drug-likeness (QED) is 0.146. The fraction of sp³-hybridized carbons (Fsp3) is 0.211. The summed E-state index contributed by atoms with van der Waals surface area (Å²) in [7, 11) is 0. The van der Waals surface area contributed by atoms with Crippen LogP contribution in [0.4, 0.5) is 0 Å². The smallest absolute Gasteiger partial charge is 0.143 e. The number of hydrogen-bond donors (Lipinski definition) is 0.